The minimum Gasteiger partial charge on any atom is -0.394 e. The Morgan fingerprint density at radius 2 is 1.12 bits per heavy atom. The Labute approximate surface area is 246 Å². The summed E-state index contributed by atoms with van der Waals surface area (Å²) in [6, 6.07) is 0. The summed E-state index contributed by atoms with van der Waals surface area (Å²) >= 11 is 0. The molecule has 3 fully saturated rings. The van der Waals surface area contributed by atoms with Gasteiger partial charge in [-0.1, -0.05) is 18.0 Å². The van der Waals surface area contributed by atoms with Crippen LogP contribution in [0.4, 0.5) is 0 Å². The molecule has 0 bridgehead atoms. The quantitative estimate of drug-likeness (QED) is 0.0352. The van der Waals surface area contributed by atoms with Gasteiger partial charge >= 0.3 is 0 Å². The van der Waals surface area contributed by atoms with Crippen LogP contribution in [0, 0.1) is 0 Å². The molecule has 3 heterocycles. The van der Waals surface area contributed by atoms with Crippen LogP contribution >= 0.6 is 0 Å². The molecule has 0 radical (unpaired) electrons. The van der Waals surface area contributed by atoms with Gasteiger partial charge < -0.3 is 79.5 Å². The summed E-state index contributed by atoms with van der Waals surface area (Å²) in [5.74, 6) is 0. The van der Waals surface area contributed by atoms with Crippen molar-refractivity contribution in [3.05, 3.63) is 10.4 Å². The highest BCUT2D eigenvalue weighted by Crippen LogP contribution is 2.31. The van der Waals surface area contributed by atoms with Gasteiger partial charge in [-0.25, -0.2) is 0 Å². The zero-order valence-electron chi connectivity index (χ0n) is 23.3. The highest BCUT2D eigenvalue weighted by molar-refractivity contribution is 4.95. The van der Waals surface area contributed by atoms with Gasteiger partial charge in [-0.15, -0.1) is 0 Å². The normalized spacial score (nSPS) is 43.7. The Balaban J connectivity index is 1.69. The van der Waals surface area contributed by atoms with Gasteiger partial charge in [0, 0.05) is 18.1 Å². The van der Waals surface area contributed by atoms with Crippen LogP contribution in [0.5, 0.6) is 0 Å². The molecule has 0 spiro atoms. The lowest BCUT2D eigenvalue weighted by Crippen LogP contribution is -2.65. The van der Waals surface area contributed by atoms with Crippen molar-refractivity contribution in [3.8, 4) is 0 Å². The summed E-state index contributed by atoms with van der Waals surface area (Å²) in [5.41, 5.74) is 8.33. The van der Waals surface area contributed by atoms with Crippen molar-refractivity contribution in [1.82, 2.24) is 0 Å². The fourth-order valence-electron chi connectivity index (χ4n) is 4.95. The van der Waals surface area contributed by atoms with Crippen LogP contribution in [-0.2, 0) is 28.4 Å². The number of hydrogen-bond donors (Lipinski definition) is 10. The van der Waals surface area contributed by atoms with E-state index >= 15 is 0 Å². The minimum atomic E-state index is -1.84. The predicted molar refractivity (Wildman–Crippen MR) is 137 cm³/mol. The van der Waals surface area contributed by atoms with Gasteiger partial charge in [0.15, 0.2) is 18.9 Å². The topological polar surface area (TPSA) is 306 Å². The highest BCUT2D eigenvalue weighted by atomic mass is 16.7. The van der Waals surface area contributed by atoms with Gasteiger partial charge in [0.05, 0.1) is 19.8 Å². The van der Waals surface area contributed by atoms with Crippen molar-refractivity contribution >= 4 is 0 Å². The molecule has 3 aliphatic rings. The fraction of sp³-hybridized carbons (Fsp3) is 1.00. The number of rotatable bonds is 15. The average molecular weight is 630 g/mol. The van der Waals surface area contributed by atoms with E-state index in [4.69, 9.17) is 34.0 Å². The molecule has 0 aromatic rings. The molecule has 0 aromatic heterocycles. The molecule has 15 atom stereocenters. The summed E-state index contributed by atoms with van der Waals surface area (Å²) in [6.45, 7) is -1.55. The molecule has 43 heavy (non-hydrogen) atoms. The number of unbranched alkanes of at least 4 members (excludes halogenated alkanes) is 3. The first-order chi connectivity index (χ1) is 20.5. The Hall–Kier alpha value is -1.33. The van der Waals surface area contributed by atoms with E-state index < -0.39 is 112 Å². The predicted octanol–water partition coefficient (Wildman–Crippen LogP) is -4.68. The summed E-state index contributed by atoms with van der Waals surface area (Å²) in [7, 11) is 0. The van der Waals surface area contributed by atoms with Crippen LogP contribution in [0.3, 0.4) is 0 Å². The summed E-state index contributed by atoms with van der Waals surface area (Å²) in [5, 5.41) is 105. The molecule has 3 aliphatic heterocycles. The van der Waals surface area contributed by atoms with E-state index in [-0.39, 0.29) is 6.61 Å². The zero-order chi connectivity index (χ0) is 31.7. The van der Waals surface area contributed by atoms with Gasteiger partial charge in [-0.2, -0.15) is 0 Å². The monoisotopic (exact) mass is 629 g/mol. The smallest absolute Gasteiger partial charge is 0.187 e. The zero-order valence-corrected chi connectivity index (χ0v) is 23.3. The molecular formula is C24H43N3O16. The van der Waals surface area contributed by atoms with Gasteiger partial charge in [0.2, 0.25) is 0 Å². The molecule has 3 rings (SSSR count). The van der Waals surface area contributed by atoms with Crippen LogP contribution < -0.4 is 0 Å². The molecule has 0 saturated carbocycles. The van der Waals surface area contributed by atoms with E-state index in [1.165, 1.54) is 0 Å². The molecular weight excluding hydrogens is 586 g/mol. The van der Waals surface area contributed by atoms with Crippen LogP contribution in [-0.4, -0.2) is 176 Å². The summed E-state index contributed by atoms with van der Waals surface area (Å²) in [6.07, 6.45) is -21.4. The second kappa shape index (κ2) is 17.4. The van der Waals surface area contributed by atoms with Crippen LogP contribution in [0.25, 0.3) is 10.4 Å². The van der Waals surface area contributed by atoms with E-state index in [0.29, 0.717) is 25.8 Å². The maximum atomic E-state index is 11.1. The maximum absolute atomic E-state index is 11.1. The number of nitrogens with zero attached hydrogens (tertiary/aromatic N) is 3. The second-order valence-corrected chi connectivity index (χ2v) is 10.6. The van der Waals surface area contributed by atoms with Gasteiger partial charge in [-0.05, 0) is 18.4 Å². The van der Waals surface area contributed by atoms with Crippen LogP contribution in [0.1, 0.15) is 25.7 Å². The molecule has 0 aliphatic carbocycles. The van der Waals surface area contributed by atoms with Crippen molar-refractivity contribution in [2.24, 2.45) is 5.11 Å². The van der Waals surface area contributed by atoms with E-state index in [9.17, 15) is 51.1 Å². The highest BCUT2D eigenvalue weighted by Gasteiger charge is 2.52. The van der Waals surface area contributed by atoms with Crippen molar-refractivity contribution in [1.29, 1.82) is 0 Å². The molecule has 19 nitrogen and oxygen atoms in total. The molecule has 0 unspecified atom stereocenters. The first kappa shape index (κ1) is 36.1. The third kappa shape index (κ3) is 9.12. The SMILES string of the molecule is [N-]=[N+]=NCCCCCCO[C@H]1O[C@H](CO[C@H]2O[C@H](CO)[C@@H](O)[C@H](O)[C@@H]2O)[C@@H](O)[C@H](O[C@H]2O[C@H](CO)[C@@H](O)[C@H](O)[C@@H]2O)[C@@H]1O. The van der Waals surface area contributed by atoms with E-state index in [1.807, 2.05) is 0 Å². The molecule has 0 aromatic carbocycles. The van der Waals surface area contributed by atoms with E-state index in [0.717, 1.165) is 6.42 Å². The number of azide groups is 1. The Bertz CT molecular complexity index is 868. The average Bonchev–Trinajstić information content (AvgIpc) is 3.00. The lowest BCUT2D eigenvalue weighted by molar-refractivity contribution is -0.366. The Morgan fingerprint density at radius 1 is 0.581 bits per heavy atom. The van der Waals surface area contributed by atoms with E-state index in [1.54, 1.807) is 0 Å². The number of hydrogen-bond acceptors (Lipinski definition) is 17. The third-order valence-corrected chi connectivity index (χ3v) is 7.55. The van der Waals surface area contributed by atoms with Gasteiger partial charge in [-0.3, -0.25) is 0 Å². The molecule has 0 amide bonds. The molecule has 3 saturated heterocycles. The van der Waals surface area contributed by atoms with Gasteiger partial charge in [0.25, 0.3) is 0 Å². The first-order valence-corrected chi connectivity index (χ1v) is 14.1. The van der Waals surface area contributed by atoms with Crippen molar-refractivity contribution in [3.63, 3.8) is 0 Å². The Kier molecular flexibility index (Phi) is 14.6. The van der Waals surface area contributed by atoms with Crippen LogP contribution in [0.2, 0.25) is 0 Å². The third-order valence-electron chi connectivity index (χ3n) is 7.55. The Morgan fingerprint density at radius 3 is 1.72 bits per heavy atom. The van der Waals surface area contributed by atoms with Crippen molar-refractivity contribution < 1.29 is 79.5 Å². The number of aliphatic hydroxyl groups is 10. The van der Waals surface area contributed by atoms with Gasteiger partial charge in [0.1, 0.15) is 73.2 Å². The molecule has 19 heteroatoms. The van der Waals surface area contributed by atoms with Crippen molar-refractivity contribution in [2.75, 3.05) is 33.0 Å². The molecule has 10 N–H and O–H groups in total. The standard InChI is InChI=1S/C24H43N3O16/c25-27-26-5-3-1-2-4-6-38-23-20(37)21(43-24-19(36)17(34)14(31)11(8-29)41-24)15(32)12(42-23)9-39-22-18(35)16(33)13(30)10(7-28)40-22/h10-24,28-37H,1-9H2/t10-,11-,12-,13-,14-,15-,16+,17+,18+,19+,20+,21+,22+,23+,24-/m1/s1. The van der Waals surface area contributed by atoms with Crippen molar-refractivity contribution in [2.45, 2.75) is 118 Å². The maximum Gasteiger partial charge on any atom is 0.187 e. The lowest BCUT2D eigenvalue weighted by atomic mass is 9.96. The summed E-state index contributed by atoms with van der Waals surface area (Å²) < 4.78 is 33.2. The largest absolute Gasteiger partial charge is 0.394 e. The number of ether oxygens (including phenoxy) is 6. The van der Waals surface area contributed by atoms with E-state index in [2.05, 4.69) is 10.0 Å². The minimum absolute atomic E-state index is 0.0897. The number of aliphatic hydroxyl groups excluding tert-OH is 10. The second-order valence-electron chi connectivity index (χ2n) is 10.6. The molecule has 250 valence electrons. The van der Waals surface area contributed by atoms with Crippen LogP contribution in [0.15, 0.2) is 5.11 Å². The lowest BCUT2D eigenvalue weighted by Gasteiger charge is -2.46. The first-order valence-electron chi connectivity index (χ1n) is 14.1. The fourth-order valence-corrected chi connectivity index (χ4v) is 4.95. The summed E-state index contributed by atoms with van der Waals surface area (Å²) in [4.78, 5) is 2.68.